The van der Waals surface area contributed by atoms with Gasteiger partial charge in [-0.2, -0.15) is 0 Å². The number of Topliss-reactive ketones (excluding diaryl/α,β-unsaturated/α-hetero) is 1. The van der Waals surface area contributed by atoms with E-state index in [1.807, 2.05) is 13.1 Å². The molecule has 5 rings (SSSR count). The van der Waals surface area contributed by atoms with E-state index in [2.05, 4.69) is 4.90 Å². The zero-order valence-corrected chi connectivity index (χ0v) is 13.4. The molecule has 2 aliphatic heterocycles. The van der Waals surface area contributed by atoms with Crippen molar-refractivity contribution in [2.75, 3.05) is 13.6 Å². The molecule has 1 aromatic rings. The first-order chi connectivity index (χ1) is 11.4. The molecule has 1 aromatic carbocycles. The van der Waals surface area contributed by atoms with E-state index in [9.17, 15) is 19.8 Å². The van der Waals surface area contributed by atoms with Crippen LogP contribution in [0, 0.1) is 0 Å². The summed E-state index contributed by atoms with van der Waals surface area (Å²) in [5, 5.41) is 22.4. The van der Waals surface area contributed by atoms with E-state index in [-0.39, 0.29) is 18.2 Å². The maximum atomic E-state index is 12.7. The Kier molecular flexibility index (Phi) is 2.58. The fraction of sp³-hybridized carbons (Fsp3) is 0.556. The number of carbonyl (C=O) groups is 2. The van der Waals surface area contributed by atoms with Gasteiger partial charge < -0.3 is 19.8 Å². The zero-order valence-electron chi connectivity index (χ0n) is 13.4. The normalized spacial score (nSPS) is 42.5. The van der Waals surface area contributed by atoms with Crippen LogP contribution in [0.4, 0.5) is 0 Å². The minimum atomic E-state index is -1.45. The van der Waals surface area contributed by atoms with Gasteiger partial charge in [-0.15, -0.1) is 0 Å². The monoisotopic (exact) mass is 329 g/mol. The van der Waals surface area contributed by atoms with Gasteiger partial charge >= 0.3 is 0 Å². The molecule has 0 aromatic heterocycles. The number of likely N-dealkylation sites (tertiary alicyclic amines) is 1. The number of rotatable bonds is 1. The third-order valence-electron chi connectivity index (χ3n) is 6.75. The maximum Gasteiger partial charge on any atom is 0.177 e. The molecule has 4 aliphatic rings. The quantitative estimate of drug-likeness (QED) is 0.695. The molecule has 1 spiro atoms. The van der Waals surface area contributed by atoms with Gasteiger partial charge in [-0.1, -0.05) is 6.07 Å². The van der Waals surface area contributed by atoms with Crippen LogP contribution in [0.25, 0.3) is 0 Å². The van der Waals surface area contributed by atoms with Crippen LogP contribution >= 0.6 is 0 Å². The van der Waals surface area contributed by atoms with E-state index in [0.29, 0.717) is 30.7 Å². The number of likely N-dealkylation sites (N-methyl/N-ethyl adjacent to an activating group) is 1. The molecule has 6 nitrogen and oxygen atoms in total. The van der Waals surface area contributed by atoms with Crippen molar-refractivity contribution in [1.29, 1.82) is 0 Å². The molecule has 2 heterocycles. The van der Waals surface area contributed by atoms with Gasteiger partial charge in [0.25, 0.3) is 0 Å². The summed E-state index contributed by atoms with van der Waals surface area (Å²) in [5.41, 5.74) is -0.226. The zero-order chi connectivity index (χ0) is 16.9. The molecule has 2 aliphatic carbocycles. The Hall–Kier alpha value is -1.76. The van der Waals surface area contributed by atoms with Gasteiger partial charge in [0.2, 0.25) is 0 Å². The first kappa shape index (κ1) is 14.6. The van der Waals surface area contributed by atoms with Crippen molar-refractivity contribution in [3.8, 4) is 5.75 Å². The van der Waals surface area contributed by atoms with Crippen molar-refractivity contribution in [3.05, 3.63) is 28.8 Å². The average molecular weight is 329 g/mol. The lowest BCUT2D eigenvalue weighted by molar-refractivity contribution is -0.226. The lowest BCUT2D eigenvalue weighted by atomic mass is 9.48. The average Bonchev–Trinajstić information content (AvgIpc) is 2.91. The molecule has 2 N–H and O–H groups in total. The minimum absolute atomic E-state index is 0.118. The molecule has 1 saturated heterocycles. The number of hydrogen-bond donors (Lipinski definition) is 2. The van der Waals surface area contributed by atoms with Gasteiger partial charge in [-0.05, 0) is 38.1 Å². The van der Waals surface area contributed by atoms with E-state index in [1.54, 1.807) is 6.07 Å². The Labute approximate surface area is 139 Å². The van der Waals surface area contributed by atoms with Crippen LogP contribution in [0.15, 0.2) is 12.1 Å². The molecular weight excluding hydrogens is 310 g/mol. The van der Waals surface area contributed by atoms with Crippen molar-refractivity contribution < 1.29 is 24.5 Å². The van der Waals surface area contributed by atoms with E-state index in [1.165, 1.54) is 0 Å². The summed E-state index contributed by atoms with van der Waals surface area (Å²) < 4.78 is 5.99. The Balaban J connectivity index is 1.89. The van der Waals surface area contributed by atoms with Crippen LogP contribution in [0.1, 0.15) is 34.3 Å². The molecule has 24 heavy (non-hydrogen) atoms. The van der Waals surface area contributed by atoms with Crippen LogP contribution < -0.4 is 4.74 Å². The topological polar surface area (TPSA) is 87.1 Å². The second kappa shape index (κ2) is 4.25. The second-order valence-corrected chi connectivity index (χ2v) is 7.57. The number of ether oxygens (including phenoxy) is 1. The number of benzene rings is 1. The molecule has 126 valence electrons. The summed E-state index contributed by atoms with van der Waals surface area (Å²) in [6.45, 7) is 0.705. The maximum absolute atomic E-state index is 12.7. The summed E-state index contributed by atoms with van der Waals surface area (Å²) in [4.78, 5) is 26.2. The highest BCUT2D eigenvalue weighted by atomic mass is 16.5. The van der Waals surface area contributed by atoms with Crippen LogP contribution in [0.3, 0.4) is 0 Å². The van der Waals surface area contributed by atoms with Crippen LogP contribution in [-0.4, -0.2) is 64.6 Å². The number of ketones is 1. The SMILES string of the molecule is CN1CC[C@]23c4c5ccc(C=O)c4O[C@H]2C(=O)C[C@@H](O)[C@@]3(O)[C@H]1C5. The van der Waals surface area contributed by atoms with E-state index in [4.69, 9.17) is 4.74 Å². The Morgan fingerprint density at radius 3 is 2.92 bits per heavy atom. The van der Waals surface area contributed by atoms with Gasteiger partial charge in [0, 0.05) is 18.0 Å². The highest BCUT2D eigenvalue weighted by Gasteiger charge is 2.75. The Bertz CT molecular complexity index is 792. The third kappa shape index (κ3) is 1.29. The summed E-state index contributed by atoms with van der Waals surface area (Å²) in [6, 6.07) is 3.34. The molecule has 2 bridgehead atoms. The minimum Gasteiger partial charge on any atom is -0.481 e. The molecule has 1 saturated carbocycles. The highest BCUT2D eigenvalue weighted by Crippen LogP contribution is 2.63. The van der Waals surface area contributed by atoms with Crippen LogP contribution in [0.2, 0.25) is 0 Å². The molecule has 0 unspecified atom stereocenters. The molecule has 2 fully saturated rings. The van der Waals surface area contributed by atoms with Crippen LogP contribution in [-0.2, 0) is 16.6 Å². The number of aldehydes is 1. The van der Waals surface area contributed by atoms with Gasteiger partial charge in [-0.3, -0.25) is 9.59 Å². The van der Waals surface area contributed by atoms with E-state index in [0.717, 1.165) is 17.4 Å². The predicted octanol–water partition coefficient (Wildman–Crippen LogP) is -0.177. The van der Waals surface area contributed by atoms with Crippen molar-refractivity contribution in [2.45, 2.75) is 48.5 Å². The largest absolute Gasteiger partial charge is 0.481 e. The van der Waals surface area contributed by atoms with Gasteiger partial charge in [0.15, 0.2) is 18.2 Å². The lowest BCUT2D eigenvalue weighted by Crippen LogP contribution is -2.80. The first-order valence-electron chi connectivity index (χ1n) is 8.36. The van der Waals surface area contributed by atoms with Crippen LogP contribution in [0.5, 0.6) is 5.75 Å². The number of piperidine rings is 1. The van der Waals surface area contributed by atoms with Gasteiger partial charge in [0.1, 0.15) is 11.4 Å². The fourth-order valence-electron chi connectivity index (χ4n) is 5.71. The Morgan fingerprint density at radius 2 is 2.17 bits per heavy atom. The van der Waals surface area contributed by atoms with Crippen molar-refractivity contribution >= 4 is 12.1 Å². The number of carbonyl (C=O) groups excluding carboxylic acids is 2. The predicted molar refractivity (Wildman–Crippen MR) is 83.2 cm³/mol. The summed E-state index contributed by atoms with van der Waals surface area (Å²) in [6.07, 6.45) is -0.254. The first-order valence-corrected chi connectivity index (χ1v) is 8.36. The number of nitrogens with zero attached hydrogens (tertiary/aromatic N) is 1. The van der Waals surface area contributed by atoms with E-state index >= 15 is 0 Å². The molecule has 0 amide bonds. The standard InChI is InChI=1S/C18H19NO5/c1-19-5-4-17-14-9-2-3-10(8-20)15(14)24-16(17)11(21)7-13(22)18(17,23)12(19)6-9/h2-3,8,12-13,16,22-23H,4-7H2,1H3/t12-,13-,16+,17+,18+/m1/s1. The number of aliphatic hydroxyl groups excluding tert-OH is 1. The summed E-state index contributed by atoms with van der Waals surface area (Å²) in [5.74, 6) is 0.229. The highest BCUT2D eigenvalue weighted by molar-refractivity contribution is 5.92. The molecule has 0 radical (unpaired) electrons. The third-order valence-corrected chi connectivity index (χ3v) is 6.75. The second-order valence-electron chi connectivity index (χ2n) is 7.57. The van der Waals surface area contributed by atoms with Gasteiger partial charge in [0.05, 0.1) is 17.1 Å². The smallest absolute Gasteiger partial charge is 0.177 e. The summed E-state index contributed by atoms with van der Waals surface area (Å²) >= 11 is 0. The van der Waals surface area contributed by atoms with Crippen molar-refractivity contribution in [1.82, 2.24) is 4.90 Å². The van der Waals surface area contributed by atoms with Gasteiger partial charge in [-0.25, -0.2) is 0 Å². The summed E-state index contributed by atoms with van der Waals surface area (Å²) in [7, 11) is 1.94. The van der Waals surface area contributed by atoms with Crippen molar-refractivity contribution in [3.63, 3.8) is 0 Å². The van der Waals surface area contributed by atoms with E-state index < -0.39 is 23.2 Å². The number of hydrogen-bond acceptors (Lipinski definition) is 6. The molecule has 5 atom stereocenters. The molecular formula is C18H19NO5. The Morgan fingerprint density at radius 1 is 1.38 bits per heavy atom. The fourth-order valence-corrected chi connectivity index (χ4v) is 5.71. The van der Waals surface area contributed by atoms with Crippen molar-refractivity contribution in [2.24, 2.45) is 0 Å². The molecule has 6 heteroatoms. The number of aliphatic hydroxyl groups is 2. The lowest BCUT2D eigenvalue weighted by Gasteiger charge is -2.63.